The molecule has 0 N–H and O–H groups in total. The molecule has 0 unspecified atom stereocenters. The van der Waals surface area contributed by atoms with E-state index in [-0.39, 0.29) is 5.82 Å². The van der Waals surface area contributed by atoms with Crippen LogP contribution in [-0.2, 0) is 0 Å². The summed E-state index contributed by atoms with van der Waals surface area (Å²) in [6, 6.07) is 13.7. The van der Waals surface area contributed by atoms with Gasteiger partial charge in [0.25, 0.3) is 0 Å². The lowest BCUT2D eigenvalue weighted by Gasteiger charge is -2.05. The third kappa shape index (κ3) is 2.92. The standard InChI is InChI=1S/C12H8FIO/c13-9-3-1-5-11(7-9)15-12-6-2-4-10(14)8-12/h1-8H. The summed E-state index contributed by atoms with van der Waals surface area (Å²) in [5, 5.41) is 0. The van der Waals surface area contributed by atoms with Gasteiger partial charge in [0.2, 0.25) is 0 Å². The lowest BCUT2D eigenvalue weighted by molar-refractivity contribution is 0.476. The Morgan fingerprint density at radius 3 is 2.27 bits per heavy atom. The molecule has 0 aliphatic heterocycles. The molecule has 0 heterocycles. The average molecular weight is 314 g/mol. The second-order valence-electron chi connectivity index (χ2n) is 3.02. The Morgan fingerprint density at radius 2 is 1.60 bits per heavy atom. The highest BCUT2D eigenvalue weighted by molar-refractivity contribution is 14.1. The molecule has 1 nitrogen and oxygen atoms in total. The Kier molecular flexibility index (Phi) is 3.20. The Bertz CT molecular complexity index is 427. The maximum absolute atomic E-state index is 12.9. The Balaban J connectivity index is 2.22. The topological polar surface area (TPSA) is 9.23 Å². The predicted octanol–water partition coefficient (Wildman–Crippen LogP) is 4.22. The fraction of sp³-hybridized carbons (Fsp3) is 0. The fourth-order valence-corrected chi connectivity index (χ4v) is 1.71. The van der Waals surface area contributed by atoms with Gasteiger partial charge in [-0.25, -0.2) is 4.39 Å². The smallest absolute Gasteiger partial charge is 0.130 e. The van der Waals surface area contributed by atoms with E-state index in [0.717, 1.165) is 3.57 Å². The van der Waals surface area contributed by atoms with Crippen LogP contribution in [0.25, 0.3) is 0 Å². The summed E-state index contributed by atoms with van der Waals surface area (Å²) in [5.41, 5.74) is 0. The second kappa shape index (κ2) is 4.61. The van der Waals surface area contributed by atoms with Crippen LogP contribution in [0.3, 0.4) is 0 Å². The quantitative estimate of drug-likeness (QED) is 0.754. The van der Waals surface area contributed by atoms with E-state index in [1.807, 2.05) is 24.3 Å². The molecular weight excluding hydrogens is 306 g/mol. The van der Waals surface area contributed by atoms with Gasteiger partial charge >= 0.3 is 0 Å². The lowest BCUT2D eigenvalue weighted by atomic mass is 10.3. The summed E-state index contributed by atoms with van der Waals surface area (Å²) >= 11 is 2.20. The normalized spacial score (nSPS) is 10.0. The molecular formula is C12H8FIO. The first-order valence-electron chi connectivity index (χ1n) is 4.43. The molecule has 0 saturated carbocycles. The van der Waals surface area contributed by atoms with Gasteiger partial charge in [-0.2, -0.15) is 0 Å². The van der Waals surface area contributed by atoms with Gasteiger partial charge in [0.05, 0.1) is 0 Å². The van der Waals surface area contributed by atoms with E-state index in [2.05, 4.69) is 22.6 Å². The third-order valence-electron chi connectivity index (χ3n) is 1.83. The van der Waals surface area contributed by atoms with Gasteiger partial charge in [0, 0.05) is 9.64 Å². The third-order valence-corrected chi connectivity index (χ3v) is 2.50. The highest BCUT2D eigenvalue weighted by atomic mass is 127. The summed E-state index contributed by atoms with van der Waals surface area (Å²) < 4.78 is 19.4. The minimum Gasteiger partial charge on any atom is -0.457 e. The minimum absolute atomic E-state index is 0.293. The van der Waals surface area contributed by atoms with Crippen molar-refractivity contribution in [2.24, 2.45) is 0 Å². The number of hydrogen-bond donors (Lipinski definition) is 0. The molecule has 0 atom stereocenters. The Morgan fingerprint density at radius 1 is 0.933 bits per heavy atom. The van der Waals surface area contributed by atoms with Crippen molar-refractivity contribution in [1.29, 1.82) is 0 Å². The van der Waals surface area contributed by atoms with Crippen molar-refractivity contribution in [2.75, 3.05) is 0 Å². The van der Waals surface area contributed by atoms with Crippen LogP contribution in [0, 0.1) is 9.39 Å². The van der Waals surface area contributed by atoms with Crippen LogP contribution in [0.15, 0.2) is 48.5 Å². The zero-order valence-corrected chi connectivity index (χ0v) is 9.94. The van der Waals surface area contributed by atoms with Crippen LogP contribution < -0.4 is 4.74 Å². The van der Waals surface area contributed by atoms with Gasteiger partial charge in [-0.3, -0.25) is 0 Å². The fourth-order valence-electron chi connectivity index (χ4n) is 1.20. The summed E-state index contributed by atoms with van der Waals surface area (Å²) in [4.78, 5) is 0. The summed E-state index contributed by atoms with van der Waals surface area (Å²) in [6.07, 6.45) is 0. The maximum atomic E-state index is 12.9. The first-order valence-corrected chi connectivity index (χ1v) is 5.51. The maximum Gasteiger partial charge on any atom is 0.130 e. The number of hydrogen-bond acceptors (Lipinski definition) is 1. The van der Waals surface area contributed by atoms with E-state index >= 15 is 0 Å². The molecule has 2 aromatic carbocycles. The van der Waals surface area contributed by atoms with Crippen molar-refractivity contribution in [3.8, 4) is 11.5 Å². The highest BCUT2D eigenvalue weighted by Crippen LogP contribution is 2.23. The first kappa shape index (κ1) is 10.4. The van der Waals surface area contributed by atoms with Crippen molar-refractivity contribution in [3.63, 3.8) is 0 Å². The van der Waals surface area contributed by atoms with Gasteiger partial charge in [0.1, 0.15) is 17.3 Å². The van der Waals surface area contributed by atoms with E-state index in [9.17, 15) is 4.39 Å². The van der Waals surface area contributed by atoms with Gasteiger partial charge < -0.3 is 4.74 Å². The van der Waals surface area contributed by atoms with Crippen LogP contribution >= 0.6 is 22.6 Å². The van der Waals surface area contributed by atoms with Gasteiger partial charge in [-0.05, 0) is 52.9 Å². The molecule has 0 radical (unpaired) electrons. The zero-order chi connectivity index (χ0) is 10.7. The van der Waals surface area contributed by atoms with Crippen molar-refractivity contribution >= 4 is 22.6 Å². The van der Waals surface area contributed by atoms with Crippen LogP contribution in [0.2, 0.25) is 0 Å². The molecule has 0 saturated heterocycles. The lowest BCUT2D eigenvalue weighted by Crippen LogP contribution is -1.85. The van der Waals surface area contributed by atoms with Crippen LogP contribution in [0.1, 0.15) is 0 Å². The molecule has 2 aromatic rings. The van der Waals surface area contributed by atoms with Crippen LogP contribution in [0.5, 0.6) is 11.5 Å². The zero-order valence-electron chi connectivity index (χ0n) is 7.78. The summed E-state index contributed by atoms with van der Waals surface area (Å²) in [6.45, 7) is 0. The van der Waals surface area contributed by atoms with E-state index in [0.29, 0.717) is 11.5 Å². The largest absolute Gasteiger partial charge is 0.457 e. The number of ether oxygens (including phenoxy) is 1. The van der Waals surface area contributed by atoms with Crippen molar-refractivity contribution in [3.05, 3.63) is 57.9 Å². The summed E-state index contributed by atoms with van der Waals surface area (Å²) in [7, 11) is 0. The molecule has 76 valence electrons. The van der Waals surface area contributed by atoms with E-state index in [4.69, 9.17) is 4.74 Å². The summed E-state index contributed by atoms with van der Waals surface area (Å²) in [5.74, 6) is 0.933. The number of rotatable bonds is 2. The van der Waals surface area contributed by atoms with Crippen molar-refractivity contribution in [1.82, 2.24) is 0 Å². The molecule has 0 bridgehead atoms. The first-order chi connectivity index (χ1) is 7.24. The van der Waals surface area contributed by atoms with E-state index in [1.165, 1.54) is 12.1 Å². The highest BCUT2D eigenvalue weighted by Gasteiger charge is 1.98. The monoisotopic (exact) mass is 314 g/mol. The van der Waals surface area contributed by atoms with Crippen molar-refractivity contribution < 1.29 is 9.13 Å². The minimum atomic E-state index is -0.293. The van der Waals surface area contributed by atoms with Crippen molar-refractivity contribution in [2.45, 2.75) is 0 Å². The van der Waals surface area contributed by atoms with Gasteiger partial charge in [-0.15, -0.1) is 0 Å². The molecule has 0 amide bonds. The molecule has 0 fully saturated rings. The Hall–Kier alpha value is -1.10. The van der Waals surface area contributed by atoms with E-state index < -0.39 is 0 Å². The molecule has 15 heavy (non-hydrogen) atoms. The van der Waals surface area contributed by atoms with Crippen LogP contribution in [0.4, 0.5) is 4.39 Å². The number of benzene rings is 2. The molecule has 0 aromatic heterocycles. The molecule has 0 aliphatic rings. The molecule has 0 spiro atoms. The Labute approximate surface area is 101 Å². The average Bonchev–Trinajstić information content (AvgIpc) is 2.17. The van der Waals surface area contributed by atoms with Crippen LogP contribution in [-0.4, -0.2) is 0 Å². The van der Waals surface area contributed by atoms with Gasteiger partial charge in [0.15, 0.2) is 0 Å². The SMILES string of the molecule is Fc1cccc(Oc2cccc(I)c2)c1. The molecule has 0 aliphatic carbocycles. The predicted molar refractivity (Wildman–Crippen MR) is 65.6 cm³/mol. The van der Waals surface area contributed by atoms with Gasteiger partial charge in [-0.1, -0.05) is 12.1 Å². The van der Waals surface area contributed by atoms with E-state index in [1.54, 1.807) is 12.1 Å². The molecule has 2 rings (SSSR count). The second-order valence-corrected chi connectivity index (χ2v) is 4.26. The number of halogens is 2. The molecule has 3 heteroatoms.